The van der Waals surface area contributed by atoms with Gasteiger partial charge in [0.2, 0.25) is 5.91 Å². The highest BCUT2D eigenvalue weighted by Gasteiger charge is 2.07. The van der Waals surface area contributed by atoms with E-state index >= 15 is 0 Å². The number of hydrogen-bond donors (Lipinski definition) is 1. The third-order valence-corrected chi connectivity index (χ3v) is 1.61. The summed E-state index contributed by atoms with van der Waals surface area (Å²) in [6, 6.07) is 0. The van der Waals surface area contributed by atoms with Gasteiger partial charge in [0.1, 0.15) is 0 Å². The minimum atomic E-state index is 0.189. The van der Waals surface area contributed by atoms with Gasteiger partial charge >= 0.3 is 0 Å². The molecule has 0 aliphatic heterocycles. The van der Waals surface area contributed by atoms with E-state index in [1.807, 2.05) is 7.05 Å². The maximum atomic E-state index is 11.2. The van der Waals surface area contributed by atoms with E-state index in [9.17, 15) is 4.79 Å². The molecule has 66 valence electrons. The number of carbonyl (C=O) groups is 1. The summed E-state index contributed by atoms with van der Waals surface area (Å²) in [5, 5.41) is 0. The molecule has 0 rings (SSSR count). The Labute approximate surface area is 74.4 Å². The van der Waals surface area contributed by atoms with Gasteiger partial charge in [-0.15, -0.1) is 0 Å². The summed E-state index contributed by atoms with van der Waals surface area (Å²) in [5.41, 5.74) is 0. The SMILES string of the molecule is CC(C)CN(C)C(=O)CCS. The van der Waals surface area contributed by atoms with Crippen LogP contribution >= 0.6 is 12.6 Å². The molecule has 0 saturated heterocycles. The predicted octanol–water partition coefficient (Wildman–Crippen LogP) is 1.42. The van der Waals surface area contributed by atoms with Gasteiger partial charge < -0.3 is 4.90 Å². The van der Waals surface area contributed by atoms with Gasteiger partial charge in [0, 0.05) is 20.0 Å². The van der Waals surface area contributed by atoms with E-state index in [1.165, 1.54) is 0 Å². The van der Waals surface area contributed by atoms with Crippen LogP contribution in [0.25, 0.3) is 0 Å². The van der Waals surface area contributed by atoms with E-state index in [2.05, 4.69) is 26.5 Å². The van der Waals surface area contributed by atoms with Crippen molar-refractivity contribution in [2.24, 2.45) is 5.92 Å². The first-order chi connectivity index (χ1) is 5.07. The van der Waals surface area contributed by atoms with Crippen molar-refractivity contribution in [1.82, 2.24) is 4.90 Å². The fourth-order valence-electron chi connectivity index (χ4n) is 0.936. The third-order valence-electron chi connectivity index (χ3n) is 1.39. The summed E-state index contributed by atoms with van der Waals surface area (Å²) >= 11 is 4.00. The van der Waals surface area contributed by atoms with Crippen LogP contribution in [0.3, 0.4) is 0 Å². The maximum absolute atomic E-state index is 11.2. The van der Waals surface area contributed by atoms with E-state index in [0.717, 1.165) is 6.54 Å². The minimum Gasteiger partial charge on any atom is -0.345 e. The third kappa shape index (κ3) is 5.13. The van der Waals surface area contributed by atoms with Crippen LogP contribution in [0.4, 0.5) is 0 Å². The zero-order chi connectivity index (χ0) is 8.85. The zero-order valence-electron chi connectivity index (χ0n) is 7.50. The Hall–Kier alpha value is -0.180. The summed E-state index contributed by atoms with van der Waals surface area (Å²) in [6.45, 7) is 5.04. The molecule has 0 bridgehead atoms. The van der Waals surface area contributed by atoms with Crippen LogP contribution in [-0.2, 0) is 4.79 Å². The molecule has 0 aliphatic rings. The molecule has 0 N–H and O–H groups in total. The Bertz CT molecular complexity index is 125. The summed E-state index contributed by atoms with van der Waals surface area (Å²) < 4.78 is 0. The van der Waals surface area contributed by atoms with Crippen molar-refractivity contribution in [2.75, 3.05) is 19.3 Å². The first-order valence-electron chi connectivity index (χ1n) is 3.92. The molecule has 0 fully saturated rings. The average Bonchev–Trinajstić information content (AvgIpc) is 1.86. The summed E-state index contributed by atoms with van der Waals surface area (Å²) in [4.78, 5) is 12.9. The van der Waals surface area contributed by atoms with E-state index in [0.29, 0.717) is 18.1 Å². The van der Waals surface area contributed by atoms with Crippen LogP contribution < -0.4 is 0 Å². The van der Waals surface area contributed by atoms with Crippen LogP contribution in [0.15, 0.2) is 0 Å². The summed E-state index contributed by atoms with van der Waals surface area (Å²) in [6.07, 6.45) is 0.548. The van der Waals surface area contributed by atoms with Gasteiger partial charge in [-0.3, -0.25) is 4.79 Å². The van der Waals surface area contributed by atoms with E-state index in [4.69, 9.17) is 0 Å². The monoisotopic (exact) mass is 175 g/mol. The van der Waals surface area contributed by atoms with Crippen LogP contribution in [0.1, 0.15) is 20.3 Å². The van der Waals surface area contributed by atoms with E-state index in [-0.39, 0.29) is 5.91 Å². The Morgan fingerprint density at radius 2 is 2.09 bits per heavy atom. The standard InChI is InChI=1S/C8H17NOS/c1-7(2)6-9(3)8(10)4-5-11/h7,11H,4-6H2,1-3H3. The topological polar surface area (TPSA) is 20.3 Å². The number of carbonyl (C=O) groups excluding carboxylic acids is 1. The lowest BCUT2D eigenvalue weighted by atomic mass is 10.2. The van der Waals surface area contributed by atoms with Crippen molar-refractivity contribution < 1.29 is 4.79 Å². The summed E-state index contributed by atoms with van der Waals surface area (Å²) in [7, 11) is 1.84. The predicted molar refractivity (Wildman–Crippen MR) is 50.9 cm³/mol. The highest BCUT2D eigenvalue weighted by molar-refractivity contribution is 7.80. The fraction of sp³-hybridized carbons (Fsp3) is 0.875. The molecule has 1 amide bonds. The molecule has 3 heteroatoms. The molecule has 0 aromatic carbocycles. The number of thiol groups is 1. The van der Waals surface area contributed by atoms with Gasteiger partial charge in [0.05, 0.1) is 0 Å². The van der Waals surface area contributed by atoms with Crippen molar-refractivity contribution >= 4 is 18.5 Å². The Morgan fingerprint density at radius 1 is 1.55 bits per heavy atom. The van der Waals surface area contributed by atoms with E-state index < -0.39 is 0 Å². The molecule has 0 aromatic rings. The molecule has 0 aliphatic carbocycles. The Kier molecular flexibility index (Phi) is 5.38. The van der Waals surface area contributed by atoms with Gasteiger partial charge in [-0.05, 0) is 11.7 Å². The van der Waals surface area contributed by atoms with Crippen LogP contribution in [0, 0.1) is 5.92 Å². The van der Waals surface area contributed by atoms with Crippen molar-refractivity contribution in [3.8, 4) is 0 Å². The molecule has 2 nitrogen and oxygen atoms in total. The molecule has 0 saturated carbocycles. The van der Waals surface area contributed by atoms with Crippen molar-refractivity contribution in [3.05, 3.63) is 0 Å². The lowest BCUT2D eigenvalue weighted by Gasteiger charge is -2.18. The van der Waals surface area contributed by atoms with Gasteiger partial charge in [0.25, 0.3) is 0 Å². The first kappa shape index (κ1) is 10.8. The Balaban J connectivity index is 3.64. The van der Waals surface area contributed by atoms with Crippen molar-refractivity contribution in [3.63, 3.8) is 0 Å². The number of rotatable bonds is 4. The number of hydrogen-bond acceptors (Lipinski definition) is 2. The smallest absolute Gasteiger partial charge is 0.223 e. The van der Waals surface area contributed by atoms with Crippen LogP contribution in [0.5, 0.6) is 0 Å². The molecule has 0 radical (unpaired) electrons. The fourth-order valence-corrected chi connectivity index (χ4v) is 1.13. The lowest BCUT2D eigenvalue weighted by Crippen LogP contribution is -2.30. The van der Waals surface area contributed by atoms with Gasteiger partial charge in [-0.25, -0.2) is 0 Å². The summed E-state index contributed by atoms with van der Waals surface area (Å²) in [5.74, 6) is 1.37. The largest absolute Gasteiger partial charge is 0.345 e. The second-order valence-electron chi connectivity index (χ2n) is 3.14. The molecule has 0 heterocycles. The molecule has 11 heavy (non-hydrogen) atoms. The second kappa shape index (κ2) is 5.47. The van der Waals surface area contributed by atoms with E-state index in [1.54, 1.807) is 4.90 Å². The van der Waals surface area contributed by atoms with Gasteiger partial charge in [-0.2, -0.15) is 12.6 Å². The quantitative estimate of drug-likeness (QED) is 0.641. The second-order valence-corrected chi connectivity index (χ2v) is 3.59. The molecule has 0 spiro atoms. The van der Waals surface area contributed by atoms with Crippen LogP contribution in [-0.4, -0.2) is 30.2 Å². The van der Waals surface area contributed by atoms with Crippen LogP contribution in [0.2, 0.25) is 0 Å². The highest BCUT2D eigenvalue weighted by atomic mass is 32.1. The normalized spacial score (nSPS) is 10.3. The average molecular weight is 175 g/mol. The molecule has 0 unspecified atom stereocenters. The molecular weight excluding hydrogens is 158 g/mol. The Morgan fingerprint density at radius 3 is 2.45 bits per heavy atom. The van der Waals surface area contributed by atoms with Crippen molar-refractivity contribution in [1.29, 1.82) is 0 Å². The molecular formula is C8H17NOS. The number of amides is 1. The first-order valence-corrected chi connectivity index (χ1v) is 4.56. The molecule has 0 atom stereocenters. The number of nitrogens with zero attached hydrogens (tertiary/aromatic N) is 1. The van der Waals surface area contributed by atoms with Crippen molar-refractivity contribution in [2.45, 2.75) is 20.3 Å². The minimum absolute atomic E-state index is 0.189. The lowest BCUT2D eigenvalue weighted by molar-refractivity contribution is -0.129. The molecule has 0 aromatic heterocycles. The maximum Gasteiger partial charge on any atom is 0.223 e. The highest BCUT2D eigenvalue weighted by Crippen LogP contribution is 1.98. The van der Waals surface area contributed by atoms with Gasteiger partial charge in [0.15, 0.2) is 0 Å². The zero-order valence-corrected chi connectivity index (χ0v) is 8.40. The van der Waals surface area contributed by atoms with Gasteiger partial charge in [-0.1, -0.05) is 13.8 Å².